The van der Waals surface area contributed by atoms with Crippen molar-refractivity contribution in [1.82, 2.24) is 14.2 Å². The summed E-state index contributed by atoms with van der Waals surface area (Å²) in [5.74, 6) is -1.82. The highest BCUT2D eigenvalue weighted by molar-refractivity contribution is 7.91. The van der Waals surface area contributed by atoms with E-state index in [1.54, 1.807) is 24.4 Å². The Morgan fingerprint density at radius 2 is 1.92 bits per heavy atom. The molecule has 2 aliphatic heterocycles. The summed E-state index contributed by atoms with van der Waals surface area (Å²) in [7, 11) is -4.07. The Morgan fingerprint density at radius 1 is 1.17 bits per heavy atom. The van der Waals surface area contributed by atoms with Gasteiger partial charge in [0.2, 0.25) is 5.91 Å². The lowest BCUT2D eigenvalue weighted by Gasteiger charge is -2.38. The lowest BCUT2D eigenvalue weighted by atomic mass is 10.1. The van der Waals surface area contributed by atoms with Gasteiger partial charge in [0.15, 0.2) is 0 Å². The van der Waals surface area contributed by atoms with E-state index in [9.17, 15) is 23.1 Å². The minimum absolute atomic E-state index is 0.0423. The molecule has 3 heterocycles. The summed E-state index contributed by atoms with van der Waals surface area (Å²) in [6, 6.07) is 12.6. The fraction of sp³-hybridized carbons (Fsp3) is 0.292. The van der Waals surface area contributed by atoms with E-state index < -0.39 is 34.5 Å². The van der Waals surface area contributed by atoms with Crippen LogP contribution in [0.5, 0.6) is 0 Å². The van der Waals surface area contributed by atoms with Crippen molar-refractivity contribution in [3.63, 3.8) is 0 Å². The second-order valence-corrected chi connectivity index (χ2v) is 12.4. The molecule has 2 aromatic carbocycles. The Hall–Kier alpha value is -2.99. The Kier molecular flexibility index (Phi) is 6.73. The van der Waals surface area contributed by atoms with E-state index in [1.165, 1.54) is 11.0 Å². The predicted octanol–water partition coefficient (Wildman–Crippen LogP) is 3.08. The highest BCUT2D eigenvalue weighted by Gasteiger charge is 2.42. The number of carbonyl (C=O) groups excluding carboxylic acids is 1. The first kappa shape index (κ1) is 24.7. The molecule has 9 nitrogen and oxygen atoms in total. The van der Waals surface area contributed by atoms with Crippen molar-refractivity contribution < 1.29 is 23.1 Å². The SMILES string of the molecule is O=C(O)[C@H]1CN(S(=O)(=O)c2cc3ccc(Cl)cc3s2)CC(=O)N1Cc1ccc(C=NN2CCC2)cc1. The van der Waals surface area contributed by atoms with Crippen LogP contribution in [-0.4, -0.2) is 78.1 Å². The van der Waals surface area contributed by atoms with Crippen molar-refractivity contribution in [2.75, 3.05) is 26.2 Å². The number of piperazine rings is 1. The molecule has 1 N–H and O–H groups in total. The number of thiophene rings is 1. The zero-order valence-electron chi connectivity index (χ0n) is 19.1. The third-order valence-corrected chi connectivity index (χ3v) is 9.85. The quantitative estimate of drug-likeness (QED) is 0.456. The Balaban J connectivity index is 1.33. The van der Waals surface area contributed by atoms with Gasteiger partial charge in [-0.2, -0.15) is 9.41 Å². The molecule has 3 aromatic rings. The predicted molar refractivity (Wildman–Crippen MR) is 138 cm³/mol. The molecule has 0 saturated carbocycles. The largest absolute Gasteiger partial charge is 0.480 e. The van der Waals surface area contributed by atoms with Gasteiger partial charge in [-0.25, -0.2) is 13.2 Å². The first-order valence-corrected chi connectivity index (χ1v) is 13.9. The molecule has 12 heteroatoms. The average molecular weight is 547 g/mol. The summed E-state index contributed by atoms with van der Waals surface area (Å²) in [4.78, 5) is 26.3. The van der Waals surface area contributed by atoms with Crippen LogP contribution in [0.1, 0.15) is 17.5 Å². The van der Waals surface area contributed by atoms with Crippen LogP contribution in [0.15, 0.2) is 57.8 Å². The fourth-order valence-electron chi connectivity index (χ4n) is 4.07. The summed E-state index contributed by atoms with van der Waals surface area (Å²) in [6.07, 6.45) is 2.91. The number of hydrogen-bond donors (Lipinski definition) is 1. The summed E-state index contributed by atoms with van der Waals surface area (Å²) >= 11 is 7.05. The zero-order valence-corrected chi connectivity index (χ0v) is 21.5. The molecule has 0 spiro atoms. The Labute approximate surface area is 217 Å². The van der Waals surface area contributed by atoms with Crippen molar-refractivity contribution in [1.29, 1.82) is 0 Å². The molecule has 36 heavy (non-hydrogen) atoms. The van der Waals surface area contributed by atoms with Gasteiger partial charge in [0.1, 0.15) is 10.3 Å². The van der Waals surface area contributed by atoms with Crippen LogP contribution in [-0.2, 0) is 26.2 Å². The maximum Gasteiger partial charge on any atom is 0.327 e. The van der Waals surface area contributed by atoms with Gasteiger partial charge in [0, 0.05) is 35.9 Å². The number of hydrogen-bond acceptors (Lipinski definition) is 7. The number of halogens is 1. The molecule has 0 unspecified atom stereocenters. The van der Waals surface area contributed by atoms with Crippen LogP contribution in [0, 0.1) is 0 Å². The van der Waals surface area contributed by atoms with E-state index in [2.05, 4.69) is 5.10 Å². The Bertz CT molecular complexity index is 1450. The molecular weight excluding hydrogens is 524 g/mol. The molecular formula is C24H23ClN4O5S2. The monoisotopic (exact) mass is 546 g/mol. The van der Waals surface area contributed by atoms with Gasteiger partial charge in [-0.3, -0.25) is 9.80 Å². The summed E-state index contributed by atoms with van der Waals surface area (Å²) in [6.45, 7) is 1.20. The van der Waals surface area contributed by atoms with E-state index >= 15 is 0 Å². The van der Waals surface area contributed by atoms with Crippen LogP contribution in [0.3, 0.4) is 0 Å². The van der Waals surface area contributed by atoms with Gasteiger partial charge in [0.05, 0.1) is 12.8 Å². The molecule has 1 atom stereocenters. The van der Waals surface area contributed by atoms with E-state index in [-0.39, 0.29) is 17.3 Å². The van der Waals surface area contributed by atoms with Crippen molar-refractivity contribution in [3.05, 3.63) is 64.7 Å². The number of hydrazone groups is 1. The lowest BCUT2D eigenvalue weighted by molar-refractivity contribution is -0.154. The van der Waals surface area contributed by atoms with Gasteiger partial charge in [-0.15, -0.1) is 11.3 Å². The average Bonchev–Trinajstić information content (AvgIpc) is 3.24. The van der Waals surface area contributed by atoms with Crippen LogP contribution in [0.25, 0.3) is 10.1 Å². The number of rotatable bonds is 7. The number of benzene rings is 2. The van der Waals surface area contributed by atoms with Crippen molar-refractivity contribution in [2.24, 2.45) is 5.10 Å². The summed E-state index contributed by atoms with van der Waals surface area (Å²) in [5.41, 5.74) is 1.64. The molecule has 0 bridgehead atoms. The van der Waals surface area contributed by atoms with Gasteiger partial charge < -0.3 is 10.0 Å². The number of aliphatic carboxylic acids is 1. The van der Waals surface area contributed by atoms with Crippen molar-refractivity contribution >= 4 is 61.1 Å². The molecule has 0 aliphatic carbocycles. The highest BCUT2D eigenvalue weighted by atomic mass is 35.5. The second kappa shape index (κ2) is 9.81. The standard InChI is InChI=1S/C24H23ClN4O5S2/c25-19-7-6-18-10-23(35-21(18)11-19)36(33,34)28-14-20(24(31)32)29(22(30)15-28)13-17-4-2-16(3-5-17)12-26-27-8-1-9-27/h2-7,10-12,20H,1,8-9,13-15H2,(H,31,32)/t20-/m1/s1. The molecule has 188 valence electrons. The molecule has 0 radical (unpaired) electrons. The van der Waals surface area contributed by atoms with Gasteiger partial charge in [-0.05, 0) is 41.1 Å². The normalized spacial score (nSPS) is 19.2. The number of carbonyl (C=O) groups is 2. The van der Waals surface area contributed by atoms with Crippen LogP contribution >= 0.6 is 22.9 Å². The number of sulfonamides is 1. The topological polar surface area (TPSA) is 111 Å². The van der Waals surface area contributed by atoms with Gasteiger partial charge in [0.25, 0.3) is 10.0 Å². The third-order valence-electron chi connectivity index (χ3n) is 6.26. The molecule has 2 saturated heterocycles. The number of fused-ring (bicyclic) bond motifs is 1. The first-order chi connectivity index (χ1) is 17.2. The second-order valence-electron chi connectivity index (χ2n) is 8.71. The fourth-order valence-corrected chi connectivity index (χ4v) is 7.29. The number of nitrogens with zero attached hydrogens (tertiary/aromatic N) is 4. The van der Waals surface area contributed by atoms with Crippen molar-refractivity contribution in [3.8, 4) is 0 Å². The summed E-state index contributed by atoms with van der Waals surface area (Å²) < 4.78 is 28.3. The molecule has 1 aromatic heterocycles. The summed E-state index contributed by atoms with van der Waals surface area (Å²) in [5, 5.41) is 17.4. The highest BCUT2D eigenvalue weighted by Crippen LogP contribution is 2.33. The molecule has 2 aliphatic rings. The smallest absolute Gasteiger partial charge is 0.327 e. The maximum absolute atomic E-state index is 13.3. The third kappa shape index (κ3) is 4.96. The van der Waals surface area contributed by atoms with Gasteiger partial charge >= 0.3 is 5.97 Å². The molecule has 1 amide bonds. The maximum atomic E-state index is 13.3. The van der Waals surface area contributed by atoms with E-state index in [4.69, 9.17) is 11.6 Å². The van der Waals surface area contributed by atoms with Crippen molar-refractivity contribution in [2.45, 2.75) is 23.2 Å². The first-order valence-electron chi connectivity index (χ1n) is 11.3. The van der Waals surface area contributed by atoms with E-state index in [0.717, 1.165) is 46.3 Å². The van der Waals surface area contributed by atoms with Gasteiger partial charge in [-0.1, -0.05) is 41.9 Å². The zero-order chi connectivity index (χ0) is 25.4. The van der Waals surface area contributed by atoms with Crippen LogP contribution in [0.4, 0.5) is 0 Å². The molecule has 5 rings (SSSR count). The lowest BCUT2D eigenvalue weighted by Crippen LogP contribution is -2.59. The number of carboxylic acids is 1. The number of carboxylic acid groups (broad SMARTS) is 1. The number of amides is 1. The van der Waals surface area contributed by atoms with E-state index in [1.807, 2.05) is 29.3 Å². The van der Waals surface area contributed by atoms with E-state index in [0.29, 0.717) is 15.1 Å². The molecule has 2 fully saturated rings. The Morgan fingerprint density at radius 3 is 2.58 bits per heavy atom. The van der Waals surface area contributed by atoms with Crippen LogP contribution < -0.4 is 0 Å². The minimum atomic E-state index is -4.07. The van der Waals surface area contributed by atoms with Crippen LogP contribution in [0.2, 0.25) is 5.02 Å². The minimum Gasteiger partial charge on any atom is -0.480 e.